The van der Waals surface area contributed by atoms with E-state index >= 15 is 9.18 Å². The molecule has 444 valence electrons. The van der Waals surface area contributed by atoms with Crippen LogP contribution in [0.5, 0.6) is 0 Å². The second kappa shape index (κ2) is 21.8. The summed E-state index contributed by atoms with van der Waals surface area (Å²) in [7, 11) is 0. The van der Waals surface area contributed by atoms with Gasteiger partial charge in [-0.25, -0.2) is 14.4 Å². The molecule has 6 aliphatic heterocycles. The van der Waals surface area contributed by atoms with Crippen molar-refractivity contribution < 1.29 is 42.7 Å². The van der Waals surface area contributed by atoms with Crippen LogP contribution in [0.3, 0.4) is 0 Å². The molecule has 0 bridgehead atoms. The van der Waals surface area contributed by atoms with E-state index in [0.29, 0.717) is 104 Å². The highest BCUT2D eigenvalue weighted by molar-refractivity contribution is 6.25. The average Bonchev–Trinajstić information content (AvgIpc) is 1.63. The van der Waals surface area contributed by atoms with Crippen LogP contribution < -0.4 is 26.2 Å². The highest BCUT2D eigenvalue weighted by Crippen LogP contribution is 2.53. The lowest BCUT2D eigenvalue weighted by Gasteiger charge is -2.48. The predicted octanol–water partition coefficient (Wildman–Crippen LogP) is 7.37. The Morgan fingerprint density at radius 2 is 1.53 bits per heavy atom. The van der Waals surface area contributed by atoms with Crippen molar-refractivity contribution in [2.75, 3.05) is 54.8 Å². The zero-order valence-electron chi connectivity index (χ0n) is 48.8. The first-order chi connectivity index (χ1) is 40.8. The van der Waals surface area contributed by atoms with Gasteiger partial charge < -0.3 is 40.1 Å². The van der Waals surface area contributed by atoms with Crippen LogP contribution in [0.15, 0.2) is 60.9 Å². The van der Waals surface area contributed by atoms with Crippen LogP contribution in [0.1, 0.15) is 153 Å². The lowest BCUT2D eigenvalue weighted by atomic mass is 9.73. The van der Waals surface area contributed by atoms with E-state index in [-0.39, 0.29) is 89.3 Å². The quantitative estimate of drug-likeness (QED) is 0.0845. The van der Waals surface area contributed by atoms with Gasteiger partial charge in [-0.05, 0) is 159 Å². The van der Waals surface area contributed by atoms with Gasteiger partial charge in [-0.15, -0.1) is 0 Å². The number of imide groups is 2. The van der Waals surface area contributed by atoms with Crippen molar-refractivity contribution in [3.63, 3.8) is 0 Å². The molecule has 4 saturated heterocycles. The molecule has 13 rings (SSSR count). The molecular weight excluding hydrogens is 1080 g/mol. The monoisotopic (exact) mass is 1160 g/mol. The van der Waals surface area contributed by atoms with Crippen LogP contribution >= 0.6 is 0 Å². The van der Waals surface area contributed by atoms with Gasteiger partial charge in [0.25, 0.3) is 17.7 Å². The molecule has 2 saturated carbocycles. The van der Waals surface area contributed by atoms with Crippen molar-refractivity contribution in [2.24, 2.45) is 11.8 Å². The van der Waals surface area contributed by atoms with Gasteiger partial charge in [-0.2, -0.15) is 0 Å². The minimum Gasteiger partial charge on any atom is -0.382 e. The van der Waals surface area contributed by atoms with Crippen molar-refractivity contribution >= 4 is 81.2 Å². The molecule has 6 fully saturated rings. The molecule has 2 aromatic heterocycles. The standard InChI is InChI=1S/C64H73FN12O8/c1-34(2)67-57(79)44-30-49(46(65)24-36(44)5)70-56-55-50(66-33-75(55)35(3)4)31-48(69-56)37-12-13-45-52(27-37)76(42-28-41(29-42)72-19-7-6-8-20-72)63(85)64(45)17-22-73(23-18-64)59(81)38-16-21-74(32-38)60(82)39-25-40(26-39)68-47-11-9-10-43-54(47)62(84)77(61(43)83)51-14-15-53(78)71-58(51)80/h9-13,24,27,30-31,33-35,38-42,51,68H,6-8,14-23,25-26,28-29,32H2,1-5H3,(H,67,79)(H,69,70)(H,71,78,80). The highest BCUT2D eigenvalue weighted by atomic mass is 19.1. The number of aryl methyl sites for hydroxylation is 1. The molecule has 20 nitrogen and oxygen atoms in total. The Bertz CT molecular complexity index is 3630. The molecule has 21 heteroatoms. The molecule has 8 heterocycles. The number of hydrogen-bond donors (Lipinski definition) is 4. The molecule has 2 atom stereocenters. The number of likely N-dealkylation sites (tertiary alicyclic amines) is 3. The van der Waals surface area contributed by atoms with Crippen LogP contribution in [0, 0.1) is 24.6 Å². The zero-order chi connectivity index (χ0) is 59.3. The molecule has 3 aromatic carbocycles. The van der Waals surface area contributed by atoms with Crippen molar-refractivity contribution in [1.82, 2.24) is 44.8 Å². The maximum atomic E-state index is 16.0. The minimum atomic E-state index is -1.07. The fourth-order valence-corrected chi connectivity index (χ4v) is 14.7. The van der Waals surface area contributed by atoms with Gasteiger partial charge in [0.2, 0.25) is 29.5 Å². The summed E-state index contributed by atoms with van der Waals surface area (Å²) in [6, 6.07) is 15.0. The van der Waals surface area contributed by atoms with E-state index in [1.54, 1.807) is 36.4 Å². The maximum Gasteiger partial charge on any atom is 0.264 e. The van der Waals surface area contributed by atoms with Crippen molar-refractivity contribution in [2.45, 2.75) is 153 Å². The van der Waals surface area contributed by atoms with E-state index in [9.17, 15) is 33.6 Å². The molecular formula is C64H73FN12O8. The van der Waals surface area contributed by atoms with Gasteiger partial charge in [0.15, 0.2) is 5.82 Å². The molecule has 2 aliphatic carbocycles. The van der Waals surface area contributed by atoms with Crippen molar-refractivity contribution in [1.29, 1.82) is 0 Å². The maximum absolute atomic E-state index is 16.0. The number of pyridine rings is 1. The van der Waals surface area contributed by atoms with Crippen molar-refractivity contribution in [3.05, 3.63) is 94.6 Å². The number of rotatable bonds is 13. The molecule has 4 N–H and O–H groups in total. The van der Waals surface area contributed by atoms with Gasteiger partial charge in [-0.1, -0.05) is 24.6 Å². The van der Waals surface area contributed by atoms with Crippen LogP contribution in [0.25, 0.3) is 22.3 Å². The number of carbonyl (C=O) groups excluding carboxylic acids is 8. The molecule has 85 heavy (non-hydrogen) atoms. The average molecular weight is 1160 g/mol. The lowest BCUT2D eigenvalue weighted by Crippen LogP contribution is -2.58. The van der Waals surface area contributed by atoms with Crippen LogP contribution in [0.2, 0.25) is 0 Å². The van der Waals surface area contributed by atoms with Gasteiger partial charge in [0.05, 0.1) is 45.7 Å². The molecule has 8 amide bonds. The Kier molecular flexibility index (Phi) is 14.4. The molecule has 2 unspecified atom stereocenters. The predicted molar refractivity (Wildman–Crippen MR) is 316 cm³/mol. The first-order valence-electron chi connectivity index (χ1n) is 30.5. The molecule has 1 spiro atoms. The molecule has 8 aliphatic rings. The van der Waals surface area contributed by atoms with E-state index in [1.165, 1.54) is 31.4 Å². The highest BCUT2D eigenvalue weighted by Gasteiger charge is 2.56. The van der Waals surface area contributed by atoms with Crippen LogP contribution in [0.4, 0.5) is 27.3 Å². The van der Waals surface area contributed by atoms with Gasteiger partial charge in [-0.3, -0.25) is 48.6 Å². The largest absolute Gasteiger partial charge is 0.382 e. The summed E-state index contributed by atoms with van der Waals surface area (Å²) in [5, 5.41) is 11.8. The molecule has 0 radical (unpaired) electrons. The zero-order valence-corrected chi connectivity index (χ0v) is 48.8. The Morgan fingerprint density at radius 1 is 0.776 bits per heavy atom. The SMILES string of the molecule is Cc1cc(F)c(Nc2nc(-c3ccc4c(c3)N(C3CC(N5CCCCC5)C3)C(=O)C43CCN(C(=O)C4CCN(C(=O)C5CC(Nc6cccc7c6C(=O)N(C6CCC(=O)NC6=O)C7=O)C5)C4)CC3)cc3ncn(C(C)C)c23)cc1C(=O)NC(C)C. The van der Waals surface area contributed by atoms with Crippen LogP contribution in [-0.4, -0.2) is 151 Å². The third-order valence-electron chi connectivity index (χ3n) is 19.5. The van der Waals surface area contributed by atoms with E-state index in [1.807, 2.05) is 49.3 Å². The number of fused-ring (bicyclic) bond motifs is 4. The third kappa shape index (κ3) is 9.79. The minimum absolute atomic E-state index is 0.00367. The summed E-state index contributed by atoms with van der Waals surface area (Å²) in [4.78, 5) is 128. The summed E-state index contributed by atoms with van der Waals surface area (Å²) in [6.07, 6.45) is 9.65. The van der Waals surface area contributed by atoms with E-state index in [2.05, 4.69) is 43.2 Å². The topological polar surface area (TPSA) is 232 Å². The number of nitrogens with one attached hydrogen (secondary N) is 4. The third-order valence-corrected chi connectivity index (χ3v) is 19.5. The number of amides is 8. The number of aromatic nitrogens is 3. The Morgan fingerprint density at radius 3 is 2.26 bits per heavy atom. The van der Waals surface area contributed by atoms with Gasteiger partial charge >= 0.3 is 0 Å². The summed E-state index contributed by atoms with van der Waals surface area (Å²) >= 11 is 0. The number of anilines is 4. The number of carbonyl (C=O) groups is 8. The first kappa shape index (κ1) is 56.1. The van der Waals surface area contributed by atoms with Crippen molar-refractivity contribution in [3.8, 4) is 11.3 Å². The normalized spacial score (nSPS) is 24.7. The lowest BCUT2D eigenvalue weighted by molar-refractivity contribution is -0.141. The van der Waals surface area contributed by atoms with Gasteiger partial charge in [0.1, 0.15) is 17.4 Å². The Hall–Kier alpha value is -8.07. The number of piperidine rings is 3. The smallest absolute Gasteiger partial charge is 0.264 e. The number of imidazole rings is 1. The Labute approximate surface area is 492 Å². The summed E-state index contributed by atoms with van der Waals surface area (Å²) in [5.74, 6) is -3.36. The fourth-order valence-electron chi connectivity index (χ4n) is 14.7. The number of benzene rings is 3. The van der Waals surface area contributed by atoms with Crippen LogP contribution in [-0.2, 0) is 29.4 Å². The van der Waals surface area contributed by atoms with E-state index in [0.717, 1.165) is 47.6 Å². The number of nitrogens with zero attached hydrogens (tertiary/aromatic N) is 8. The van der Waals surface area contributed by atoms with E-state index in [4.69, 9.17) is 9.97 Å². The summed E-state index contributed by atoms with van der Waals surface area (Å²) in [6.45, 7) is 13.2. The number of hydrogen-bond acceptors (Lipinski definition) is 13. The van der Waals surface area contributed by atoms with E-state index < -0.39 is 40.9 Å². The first-order valence-corrected chi connectivity index (χ1v) is 30.5. The fraction of sp³-hybridized carbons (Fsp3) is 0.500. The second-order valence-electron chi connectivity index (χ2n) is 25.5. The Balaban J connectivity index is 0.700. The van der Waals surface area contributed by atoms with Gasteiger partial charge in [0, 0.05) is 91.2 Å². The molecule has 5 aromatic rings. The summed E-state index contributed by atoms with van der Waals surface area (Å²) in [5.41, 5.74) is 5.39. The summed E-state index contributed by atoms with van der Waals surface area (Å²) < 4.78 is 17.9. The number of halogens is 1. The second-order valence-corrected chi connectivity index (χ2v) is 25.5.